The van der Waals surface area contributed by atoms with E-state index in [1.165, 1.54) is 25.9 Å². The maximum absolute atomic E-state index is 5.62. The zero-order chi connectivity index (χ0) is 8.97. The highest BCUT2D eigenvalue weighted by molar-refractivity contribution is 4.77. The standard InChI is InChI=1S/C10H21NO/c1-4-11-7-5-6-10(11)8-12-9(2)3/h9-10H,4-8H2,1-3H3/t10-/m0/s1. The summed E-state index contributed by atoms with van der Waals surface area (Å²) in [4.78, 5) is 2.52. The van der Waals surface area contributed by atoms with Crippen LogP contribution in [0.5, 0.6) is 0 Å². The molecule has 1 aliphatic rings. The van der Waals surface area contributed by atoms with Crippen LogP contribution in [0.25, 0.3) is 0 Å². The van der Waals surface area contributed by atoms with Crippen molar-refractivity contribution >= 4 is 0 Å². The van der Waals surface area contributed by atoms with Gasteiger partial charge in [-0.3, -0.25) is 4.90 Å². The van der Waals surface area contributed by atoms with Crippen molar-refractivity contribution in [2.45, 2.75) is 45.8 Å². The fourth-order valence-electron chi connectivity index (χ4n) is 1.80. The number of rotatable bonds is 4. The summed E-state index contributed by atoms with van der Waals surface area (Å²) >= 11 is 0. The highest BCUT2D eigenvalue weighted by Gasteiger charge is 2.22. The lowest BCUT2D eigenvalue weighted by Crippen LogP contribution is -2.33. The first-order valence-corrected chi connectivity index (χ1v) is 5.09. The Morgan fingerprint density at radius 2 is 2.25 bits per heavy atom. The molecule has 0 aromatic rings. The number of nitrogens with zero attached hydrogens (tertiary/aromatic N) is 1. The molecule has 12 heavy (non-hydrogen) atoms. The Hall–Kier alpha value is -0.0800. The van der Waals surface area contributed by atoms with Crippen LogP contribution in [-0.4, -0.2) is 36.7 Å². The van der Waals surface area contributed by atoms with E-state index in [0.29, 0.717) is 12.1 Å². The van der Waals surface area contributed by atoms with E-state index in [4.69, 9.17) is 4.74 Å². The maximum atomic E-state index is 5.62. The van der Waals surface area contributed by atoms with Gasteiger partial charge in [0.1, 0.15) is 0 Å². The molecule has 1 heterocycles. The van der Waals surface area contributed by atoms with Gasteiger partial charge in [-0.05, 0) is 39.8 Å². The summed E-state index contributed by atoms with van der Waals surface area (Å²) in [5, 5.41) is 0. The summed E-state index contributed by atoms with van der Waals surface area (Å²) in [5.41, 5.74) is 0. The second-order valence-corrected chi connectivity index (χ2v) is 3.81. The predicted octanol–water partition coefficient (Wildman–Crippen LogP) is 1.90. The Balaban J connectivity index is 2.21. The average Bonchev–Trinajstić information content (AvgIpc) is 2.47. The number of likely N-dealkylation sites (tertiary alicyclic amines) is 1. The SMILES string of the molecule is CCN1CCC[C@H]1COC(C)C. The molecule has 1 rings (SSSR count). The van der Waals surface area contributed by atoms with Crippen LogP contribution in [0.1, 0.15) is 33.6 Å². The summed E-state index contributed by atoms with van der Waals surface area (Å²) < 4.78 is 5.62. The first-order chi connectivity index (χ1) is 5.74. The summed E-state index contributed by atoms with van der Waals surface area (Å²) in [6.45, 7) is 9.80. The molecular weight excluding hydrogens is 150 g/mol. The van der Waals surface area contributed by atoms with Crippen molar-refractivity contribution in [3.63, 3.8) is 0 Å². The van der Waals surface area contributed by atoms with Gasteiger partial charge in [0.2, 0.25) is 0 Å². The minimum Gasteiger partial charge on any atom is -0.377 e. The molecule has 1 saturated heterocycles. The quantitative estimate of drug-likeness (QED) is 0.640. The highest BCUT2D eigenvalue weighted by Crippen LogP contribution is 2.16. The molecule has 0 N–H and O–H groups in total. The molecule has 0 aliphatic carbocycles. The smallest absolute Gasteiger partial charge is 0.0625 e. The van der Waals surface area contributed by atoms with E-state index in [1.54, 1.807) is 0 Å². The molecule has 2 nitrogen and oxygen atoms in total. The van der Waals surface area contributed by atoms with E-state index >= 15 is 0 Å². The third-order valence-corrected chi connectivity index (χ3v) is 2.53. The van der Waals surface area contributed by atoms with Gasteiger partial charge in [0.25, 0.3) is 0 Å². The lowest BCUT2D eigenvalue weighted by molar-refractivity contribution is 0.0386. The van der Waals surface area contributed by atoms with Gasteiger partial charge in [-0.25, -0.2) is 0 Å². The number of likely N-dealkylation sites (N-methyl/N-ethyl adjacent to an activating group) is 1. The molecule has 0 bridgehead atoms. The van der Waals surface area contributed by atoms with Crippen molar-refractivity contribution in [1.29, 1.82) is 0 Å². The molecule has 1 aliphatic heterocycles. The Bertz CT molecular complexity index is 125. The lowest BCUT2D eigenvalue weighted by Gasteiger charge is -2.23. The van der Waals surface area contributed by atoms with E-state index < -0.39 is 0 Å². The van der Waals surface area contributed by atoms with Gasteiger partial charge in [0.15, 0.2) is 0 Å². The first-order valence-electron chi connectivity index (χ1n) is 5.09. The van der Waals surface area contributed by atoms with Gasteiger partial charge >= 0.3 is 0 Å². The van der Waals surface area contributed by atoms with Crippen LogP contribution < -0.4 is 0 Å². The van der Waals surface area contributed by atoms with Crippen LogP contribution >= 0.6 is 0 Å². The van der Waals surface area contributed by atoms with Gasteiger partial charge < -0.3 is 4.74 Å². The molecule has 1 fully saturated rings. The van der Waals surface area contributed by atoms with E-state index in [9.17, 15) is 0 Å². The first kappa shape index (κ1) is 10.0. The van der Waals surface area contributed by atoms with Crippen LogP contribution in [-0.2, 0) is 4.74 Å². The normalized spacial score (nSPS) is 25.5. The zero-order valence-corrected chi connectivity index (χ0v) is 8.55. The summed E-state index contributed by atoms with van der Waals surface area (Å²) in [6.07, 6.45) is 3.05. The number of hydrogen-bond acceptors (Lipinski definition) is 2. The number of ether oxygens (including phenoxy) is 1. The average molecular weight is 171 g/mol. The second-order valence-electron chi connectivity index (χ2n) is 3.81. The lowest BCUT2D eigenvalue weighted by atomic mass is 10.2. The van der Waals surface area contributed by atoms with E-state index in [0.717, 1.165) is 6.61 Å². The zero-order valence-electron chi connectivity index (χ0n) is 8.55. The Labute approximate surface area is 75.9 Å². The van der Waals surface area contributed by atoms with Gasteiger partial charge in [-0.2, -0.15) is 0 Å². The molecule has 0 amide bonds. The van der Waals surface area contributed by atoms with Crippen molar-refractivity contribution in [3.8, 4) is 0 Å². The predicted molar refractivity (Wildman–Crippen MR) is 51.4 cm³/mol. The van der Waals surface area contributed by atoms with Crippen molar-refractivity contribution in [3.05, 3.63) is 0 Å². The third kappa shape index (κ3) is 2.76. The molecule has 0 aromatic heterocycles. The van der Waals surface area contributed by atoms with E-state index in [1.807, 2.05) is 0 Å². The Kier molecular flexibility index (Phi) is 4.02. The summed E-state index contributed by atoms with van der Waals surface area (Å²) in [5.74, 6) is 0. The molecule has 0 radical (unpaired) electrons. The van der Waals surface area contributed by atoms with Crippen molar-refractivity contribution in [2.24, 2.45) is 0 Å². The van der Waals surface area contributed by atoms with Gasteiger partial charge in [0.05, 0.1) is 12.7 Å². The van der Waals surface area contributed by atoms with Crippen LogP contribution in [0.3, 0.4) is 0 Å². The molecular formula is C10H21NO. The minimum atomic E-state index is 0.379. The van der Waals surface area contributed by atoms with Gasteiger partial charge in [-0.15, -0.1) is 0 Å². The second kappa shape index (κ2) is 4.83. The largest absolute Gasteiger partial charge is 0.377 e. The van der Waals surface area contributed by atoms with E-state index in [2.05, 4.69) is 25.7 Å². The Morgan fingerprint density at radius 3 is 2.83 bits per heavy atom. The van der Waals surface area contributed by atoms with Crippen LogP contribution in [0, 0.1) is 0 Å². The summed E-state index contributed by atoms with van der Waals surface area (Å²) in [6, 6.07) is 0.692. The number of hydrogen-bond donors (Lipinski definition) is 0. The fourth-order valence-corrected chi connectivity index (χ4v) is 1.80. The van der Waals surface area contributed by atoms with Crippen LogP contribution in [0.2, 0.25) is 0 Å². The minimum absolute atomic E-state index is 0.379. The molecule has 0 spiro atoms. The topological polar surface area (TPSA) is 12.5 Å². The Morgan fingerprint density at radius 1 is 1.50 bits per heavy atom. The third-order valence-electron chi connectivity index (χ3n) is 2.53. The molecule has 0 aromatic carbocycles. The van der Waals surface area contributed by atoms with Crippen LogP contribution in [0.4, 0.5) is 0 Å². The van der Waals surface area contributed by atoms with Crippen molar-refractivity contribution in [2.75, 3.05) is 19.7 Å². The molecule has 0 saturated carbocycles. The monoisotopic (exact) mass is 171 g/mol. The summed E-state index contributed by atoms with van der Waals surface area (Å²) in [7, 11) is 0. The van der Waals surface area contributed by atoms with Crippen molar-refractivity contribution < 1.29 is 4.74 Å². The molecule has 0 unspecified atom stereocenters. The van der Waals surface area contributed by atoms with Gasteiger partial charge in [-0.1, -0.05) is 6.92 Å². The molecule has 1 atom stereocenters. The van der Waals surface area contributed by atoms with E-state index in [-0.39, 0.29) is 0 Å². The fraction of sp³-hybridized carbons (Fsp3) is 1.00. The molecule has 2 heteroatoms. The van der Waals surface area contributed by atoms with Crippen molar-refractivity contribution in [1.82, 2.24) is 4.90 Å². The molecule has 72 valence electrons. The highest BCUT2D eigenvalue weighted by atomic mass is 16.5. The van der Waals surface area contributed by atoms with Gasteiger partial charge in [0, 0.05) is 6.04 Å². The maximum Gasteiger partial charge on any atom is 0.0625 e. The van der Waals surface area contributed by atoms with Crippen LogP contribution in [0.15, 0.2) is 0 Å².